The van der Waals surface area contributed by atoms with Crippen LogP contribution in [-0.4, -0.2) is 11.5 Å². The van der Waals surface area contributed by atoms with E-state index in [0.29, 0.717) is 4.95 Å². The molecule has 0 saturated carbocycles. The molecule has 1 N–H and O–H groups in total. The van der Waals surface area contributed by atoms with Gasteiger partial charge < -0.3 is 5.32 Å². The summed E-state index contributed by atoms with van der Waals surface area (Å²) in [4.78, 5) is 0.513. The van der Waals surface area contributed by atoms with E-state index in [4.69, 9.17) is 0 Å². The second kappa shape index (κ2) is 21.9. The van der Waals surface area contributed by atoms with Gasteiger partial charge in [-0.25, -0.2) is 0 Å². The first-order valence-electron chi connectivity index (χ1n) is 9.68. The molecule has 0 heterocycles. The monoisotopic (exact) mass is 441 g/mol. The van der Waals surface area contributed by atoms with Gasteiger partial charge in [-0.1, -0.05) is 113 Å². The summed E-state index contributed by atoms with van der Waals surface area (Å²) in [6.45, 7) is 5.67. The van der Waals surface area contributed by atoms with Crippen LogP contribution in [-0.2, 0) is 0 Å². The quantitative estimate of drug-likeness (QED) is 0.138. The molecular weight excluding hydrogens is 402 g/mol. The summed E-state index contributed by atoms with van der Waals surface area (Å²) in [5, 5.41) is 3.49. The lowest BCUT2D eigenvalue weighted by molar-refractivity contribution is 0.527. The Morgan fingerprint density at radius 1 is 0.636 bits per heavy atom. The summed E-state index contributed by atoms with van der Waals surface area (Å²) in [7, 11) is 0. The third-order valence-corrected chi connectivity index (χ3v) is 5.23. The Bertz CT molecular complexity index is 188. The molecule has 0 aromatic heterocycles. The standard InChI is InChI=1S/C19H40BrN.BrH/c1-3-5-6-7-8-9-10-11-12-13-14-15-16-17-18-21-19(20)4-2;/h19,21H,3-18H2,1-2H3;1H. The Hall–Kier alpha value is 0.920. The first-order chi connectivity index (χ1) is 10.3. The normalized spacial score (nSPS) is 12.1. The number of halogens is 2. The fourth-order valence-corrected chi connectivity index (χ4v) is 2.95. The Morgan fingerprint density at radius 3 is 1.36 bits per heavy atom. The molecule has 0 spiro atoms. The molecular formula is C19H41Br2N. The van der Waals surface area contributed by atoms with Gasteiger partial charge in [-0.3, -0.25) is 0 Å². The zero-order valence-electron chi connectivity index (χ0n) is 15.2. The largest absolute Gasteiger partial charge is 0.305 e. The van der Waals surface area contributed by atoms with Crippen LogP contribution in [0.25, 0.3) is 0 Å². The Labute approximate surface area is 159 Å². The molecule has 0 fully saturated rings. The van der Waals surface area contributed by atoms with Gasteiger partial charge in [0.15, 0.2) is 0 Å². The molecule has 0 radical (unpaired) electrons. The van der Waals surface area contributed by atoms with Crippen LogP contribution in [0, 0.1) is 0 Å². The number of alkyl halides is 1. The van der Waals surface area contributed by atoms with Gasteiger partial charge >= 0.3 is 0 Å². The van der Waals surface area contributed by atoms with Gasteiger partial charge in [0.2, 0.25) is 0 Å². The Balaban J connectivity index is 0. The van der Waals surface area contributed by atoms with Crippen LogP contribution in [0.4, 0.5) is 0 Å². The van der Waals surface area contributed by atoms with Crippen LogP contribution >= 0.6 is 32.9 Å². The lowest BCUT2D eigenvalue weighted by Gasteiger charge is -2.09. The average molecular weight is 443 g/mol. The van der Waals surface area contributed by atoms with Crippen molar-refractivity contribution in [2.75, 3.05) is 6.54 Å². The summed E-state index contributed by atoms with van der Waals surface area (Å²) in [6.07, 6.45) is 21.3. The number of hydrogen-bond acceptors (Lipinski definition) is 1. The third-order valence-electron chi connectivity index (χ3n) is 4.25. The molecule has 3 heteroatoms. The summed E-state index contributed by atoms with van der Waals surface area (Å²) in [5.74, 6) is 0. The molecule has 1 nitrogen and oxygen atoms in total. The van der Waals surface area contributed by atoms with Crippen LogP contribution in [0.1, 0.15) is 110 Å². The van der Waals surface area contributed by atoms with Crippen LogP contribution in [0.5, 0.6) is 0 Å². The molecule has 0 aromatic rings. The van der Waals surface area contributed by atoms with Gasteiger partial charge in [0.25, 0.3) is 0 Å². The Kier molecular flexibility index (Phi) is 25.1. The highest BCUT2D eigenvalue weighted by Crippen LogP contribution is 2.12. The van der Waals surface area contributed by atoms with E-state index in [1.54, 1.807) is 0 Å². The molecule has 0 saturated heterocycles. The van der Waals surface area contributed by atoms with Crippen molar-refractivity contribution in [1.29, 1.82) is 0 Å². The zero-order chi connectivity index (χ0) is 15.6. The second-order valence-corrected chi connectivity index (χ2v) is 7.53. The Morgan fingerprint density at radius 2 is 1.00 bits per heavy atom. The molecule has 1 atom stereocenters. The van der Waals surface area contributed by atoms with E-state index in [0.717, 1.165) is 0 Å². The maximum absolute atomic E-state index is 3.61. The van der Waals surface area contributed by atoms with E-state index < -0.39 is 0 Å². The number of hydrogen-bond donors (Lipinski definition) is 1. The summed E-state index contributed by atoms with van der Waals surface area (Å²) < 4.78 is 0. The first-order valence-corrected chi connectivity index (χ1v) is 10.6. The van der Waals surface area contributed by atoms with Crippen molar-refractivity contribution in [2.24, 2.45) is 0 Å². The third kappa shape index (κ3) is 20.9. The van der Waals surface area contributed by atoms with Crippen LogP contribution < -0.4 is 5.32 Å². The minimum Gasteiger partial charge on any atom is -0.305 e. The van der Waals surface area contributed by atoms with E-state index in [9.17, 15) is 0 Å². The molecule has 0 aliphatic rings. The molecule has 22 heavy (non-hydrogen) atoms. The van der Waals surface area contributed by atoms with Crippen molar-refractivity contribution in [2.45, 2.75) is 115 Å². The minimum atomic E-state index is 0. The van der Waals surface area contributed by atoms with Crippen molar-refractivity contribution >= 4 is 32.9 Å². The predicted octanol–water partition coefficient (Wildman–Crippen LogP) is 7.77. The number of nitrogens with one attached hydrogen (secondary N) is 1. The van der Waals surface area contributed by atoms with E-state index in [1.165, 1.54) is 103 Å². The molecule has 0 amide bonds. The predicted molar refractivity (Wildman–Crippen MR) is 112 cm³/mol. The second-order valence-electron chi connectivity index (χ2n) is 6.43. The summed E-state index contributed by atoms with van der Waals surface area (Å²) >= 11 is 3.61. The van der Waals surface area contributed by atoms with Crippen molar-refractivity contribution in [3.8, 4) is 0 Å². The minimum absolute atomic E-state index is 0. The lowest BCUT2D eigenvalue weighted by Crippen LogP contribution is -2.23. The summed E-state index contributed by atoms with van der Waals surface area (Å²) in [6, 6.07) is 0. The molecule has 0 bridgehead atoms. The number of rotatable bonds is 17. The van der Waals surface area contributed by atoms with Gasteiger partial charge in [-0.05, 0) is 19.4 Å². The van der Waals surface area contributed by atoms with Gasteiger partial charge in [0, 0.05) is 0 Å². The molecule has 136 valence electrons. The van der Waals surface area contributed by atoms with Crippen molar-refractivity contribution in [3.63, 3.8) is 0 Å². The van der Waals surface area contributed by atoms with Crippen molar-refractivity contribution < 1.29 is 0 Å². The summed E-state index contributed by atoms with van der Waals surface area (Å²) in [5.41, 5.74) is 0. The van der Waals surface area contributed by atoms with Gasteiger partial charge in [-0.2, -0.15) is 0 Å². The topological polar surface area (TPSA) is 12.0 Å². The fraction of sp³-hybridized carbons (Fsp3) is 1.00. The van der Waals surface area contributed by atoms with Gasteiger partial charge in [-0.15, -0.1) is 17.0 Å². The average Bonchev–Trinajstić information content (AvgIpc) is 2.50. The molecule has 0 aliphatic carbocycles. The van der Waals surface area contributed by atoms with Crippen molar-refractivity contribution in [1.82, 2.24) is 5.32 Å². The van der Waals surface area contributed by atoms with Gasteiger partial charge in [0.1, 0.15) is 0 Å². The smallest absolute Gasteiger partial charge is 0.0628 e. The zero-order valence-corrected chi connectivity index (χ0v) is 18.5. The highest BCUT2D eigenvalue weighted by Gasteiger charge is 1.98. The molecule has 0 aliphatic heterocycles. The highest BCUT2D eigenvalue weighted by molar-refractivity contribution is 9.09. The van der Waals surface area contributed by atoms with Gasteiger partial charge in [0.05, 0.1) is 4.95 Å². The van der Waals surface area contributed by atoms with E-state index in [2.05, 4.69) is 35.1 Å². The van der Waals surface area contributed by atoms with Crippen molar-refractivity contribution in [3.05, 3.63) is 0 Å². The highest BCUT2D eigenvalue weighted by atomic mass is 79.9. The molecule has 0 rings (SSSR count). The molecule has 0 aromatic carbocycles. The molecule has 1 unspecified atom stereocenters. The lowest BCUT2D eigenvalue weighted by atomic mass is 10.0. The van der Waals surface area contributed by atoms with E-state index >= 15 is 0 Å². The SMILES string of the molecule is Br.CCCCCCCCCCCCCCCCNC(Br)CC. The van der Waals surface area contributed by atoms with Crippen LogP contribution in [0.3, 0.4) is 0 Å². The first kappa shape index (κ1) is 25.2. The van der Waals surface area contributed by atoms with Crippen LogP contribution in [0.2, 0.25) is 0 Å². The maximum atomic E-state index is 3.61. The van der Waals surface area contributed by atoms with E-state index in [1.807, 2.05) is 0 Å². The van der Waals surface area contributed by atoms with E-state index in [-0.39, 0.29) is 17.0 Å². The number of unbranched alkanes of at least 4 members (excludes halogenated alkanes) is 13. The maximum Gasteiger partial charge on any atom is 0.0628 e. The fourth-order valence-electron chi connectivity index (χ4n) is 2.72. The van der Waals surface area contributed by atoms with Crippen LogP contribution in [0.15, 0.2) is 0 Å².